The normalized spacial score (nSPS) is 12.4. The molecule has 0 heterocycles. The van der Waals surface area contributed by atoms with Gasteiger partial charge in [0.15, 0.2) is 0 Å². The average Bonchev–Trinajstić information content (AvgIpc) is 2.83. The van der Waals surface area contributed by atoms with Gasteiger partial charge in [0.1, 0.15) is 18.3 Å². The van der Waals surface area contributed by atoms with E-state index in [1.807, 2.05) is 52.0 Å². The van der Waals surface area contributed by atoms with Crippen LogP contribution in [0.4, 0.5) is 5.69 Å². The van der Waals surface area contributed by atoms with E-state index in [2.05, 4.69) is 5.32 Å². The van der Waals surface area contributed by atoms with Crippen LogP contribution in [0.3, 0.4) is 0 Å². The lowest BCUT2D eigenvalue weighted by molar-refractivity contribution is -0.139. The molecule has 9 heteroatoms. The molecule has 8 nitrogen and oxygen atoms in total. The van der Waals surface area contributed by atoms with E-state index in [1.54, 1.807) is 38.3 Å². The molecule has 1 N–H and O–H groups in total. The minimum atomic E-state index is -3.79. The van der Waals surface area contributed by atoms with Crippen molar-refractivity contribution in [1.29, 1.82) is 0 Å². The minimum Gasteiger partial charge on any atom is -0.497 e. The third-order valence-electron chi connectivity index (χ3n) is 5.85. The number of carbonyl (C=O) groups excluding carboxylic acids is 2. The average molecular weight is 518 g/mol. The van der Waals surface area contributed by atoms with Gasteiger partial charge in [0.05, 0.1) is 19.1 Å². The number of ether oxygens (including phenoxy) is 1. The molecule has 0 aliphatic heterocycles. The zero-order valence-corrected chi connectivity index (χ0v) is 23.1. The Bertz CT molecular complexity index is 1150. The maximum Gasteiger partial charge on any atom is 0.244 e. The molecule has 0 radical (unpaired) electrons. The lowest BCUT2D eigenvalue weighted by atomic mass is 10.0. The number of nitrogens with zero attached hydrogens (tertiary/aromatic N) is 2. The lowest BCUT2D eigenvalue weighted by Crippen LogP contribution is -2.51. The molecule has 2 amide bonds. The Morgan fingerprint density at radius 2 is 1.67 bits per heavy atom. The zero-order valence-electron chi connectivity index (χ0n) is 22.3. The Morgan fingerprint density at radius 1 is 1.00 bits per heavy atom. The maximum atomic E-state index is 13.7. The summed E-state index contributed by atoms with van der Waals surface area (Å²) in [7, 11) is -2.23. The molecule has 0 aliphatic rings. The summed E-state index contributed by atoms with van der Waals surface area (Å²) >= 11 is 0. The highest BCUT2D eigenvalue weighted by Crippen LogP contribution is 2.29. The van der Waals surface area contributed by atoms with Gasteiger partial charge in [0.2, 0.25) is 21.8 Å². The second-order valence-electron chi connectivity index (χ2n) is 9.67. The van der Waals surface area contributed by atoms with Crippen molar-refractivity contribution in [3.05, 3.63) is 59.7 Å². The SMILES string of the molecule is COc1cccc(CN(C(=O)CN(c2ccccc2C(C)C)S(C)(=O)=O)[C@H](C)C(=O)NCC(C)C)c1. The molecule has 0 aromatic heterocycles. The molecule has 2 rings (SSSR count). The van der Waals surface area contributed by atoms with Crippen LogP contribution in [0.1, 0.15) is 51.7 Å². The Kier molecular flexibility index (Phi) is 10.3. The number of nitrogens with one attached hydrogen (secondary N) is 1. The number of para-hydroxylation sites is 1. The smallest absolute Gasteiger partial charge is 0.244 e. The van der Waals surface area contributed by atoms with E-state index in [1.165, 1.54) is 4.90 Å². The van der Waals surface area contributed by atoms with Gasteiger partial charge in [-0.1, -0.05) is 58.0 Å². The van der Waals surface area contributed by atoms with Crippen LogP contribution in [0.25, 0.3) is 0 Å². The highest BCUT2D eigenvalue weighted by molar-refractivity contribution is 7.92. The number of benzene rings is 2. The number of hydrogen-bond acceptors (Lipinski definition) is 5. The summed E-state index contributed by atoms with van der Waals surface area (Å²) in [6, 6.07) is 13.6. The summed E-state index contributed by atoms with van der Waals surface area (Å²) in [5.74, 6) is 0.147. The van der Waals surface area contributed by atoms with Gasteiger partial charge >= 0.3 is 0 Å². The van der Waals surface area contributed by atoms with Crippen LogP contribution >= 0.6 is 0 Å². The second-order valence-corrected chi connectivity index (χ2v) is 11.6. The lowest BCUT2D eigenvalue weighted by Gasteiger charge is -2.32. The van der Waals surface area contributed by atoms with Gasteiger partial charge in [-0.25, -0.2) is 8.42 Å². The van der Waals surface area contributed by atoms with Crippen molar-refractivity contribution in [2.75, 3.05) is 30.8 Å². The summed E-state index contributed by atoms with van der Waals surface area (Å²) in [6.45, 7) is 9.74. The quantitative estimate of drug-likeness (QED) is 0.462. The van der Waals surface area contributed by atoms with E-state index < -0.39 is 28.5 Å². The Labute approximate surface area is 215 Å². The van der Waals surface area contributed by atoms with E-state index in [0.29, 0.717) is 18.0 Å². The van der Waals surface area contributed by atoms with Crippen molar-refractivity contribution in [2.45, 2.75) is 53.1 Å². The maximum absolute atomic E-state index is 13.7. The molecule has 0 unspecified atom stereocenters. The Balaban J connectivity index is 2.45. The van der Waals surface area contributed by atoms with Gasteiger partial charge < -0.3 is 15.0 Å². The molecule has 2 aromatic rings. The van der Waals surface area contributed by atoms with Gasteiger partial charge in [-0.15, -0.1) is 0 Å². The van der Waals surface area contributed by atoms with Crippen LogP contribution in [0, 0.1) is 5.92 Å². The summed E-state index contributed by atoms with van der Waals surface area (Å²) < 4.78 is 32.1. The summed E-state index contributed by atoms with van der Waals surface area (Å²) in [6.07, 6.45) is 1.09. The standard InChI is InChI=1S/C27H39N3O5S/c1-19(2)16-28-27(32)21(5)29(17-22-11-10-12-23(15-22)35-6)26(31)18-30(36(7,33)34)25-14-9-8-13-24(25)20(3)4/h8-15,19-21H,16-18H2,1-7H3,(H,28,32)/t21-/m1/s1. The largest absolute Gasteiger partial charge is 0.497 e. The number of sulfonamides is 1. The van der Waals surface area contributed by atoms with Crippen LogP contribution in [-0.4, -0.2) is 57.6 Å². The molecule has 198 valence electrons. The first kappa shape index (κ1) is 29.2. The van der Waals surface area contributed by atoms with Crippen molar-refractivity contribution >= 4 is 27.5 Å². The van der Waals surface area contributed by atoms with Crippen LogP contribution in [0.15, 0.2) is 48.5 Å². The third kappa shape index (κ3) is 7.98. The Morgan fingerprint density at radius 3 is 2.25 bits per heavy atom. The first-order chi connectivity index (χ1) is 16.8. The van der Waals surface area contributed by atoms with E-state index >= 15 is 0 Å². The number of anilines is 1. The molecule has 2 aromatic carbocycles. The Hall–Kier alpha value is -3.07. The number of amides is 2. The van der Waals surface area contributed by atoms with Gasteiger partial charge in [-0.2, -0.15) is 0 Å². The number of hydrogen-bond donors (Lipinski definition) is 1. The topological polar surface area (TPSA) is 96.0 Å². The molecule has 1 atom stereocenters. The van der Waals surface area contributed by atoms with Crippen molar-refractivity contribution in [3.8, 4) is 5.75 Å². The molecule has 0 spiro atoms. The highest BCUT2D eigenvalue weighted by atomic mass is 32.2. The van der Waals surface area contributed by atoms with Crippen LogP contribution < -0.4 is 14.4 Å². The molecular formula is C27H39N3O5S. The van der Waals surface area contributed by atoms with Crippen LogP contribution in [0.5, 0.6) is 5.75 Å². The number of rotatable bonds is 12. The van der Waals surface area contributed by atoms with Gasteiger partial charge in [0, 0.05) is 13.1 Å². The van der Waals surface area contributed by atoms with E-state index in [0.717, 1.165) is 21.7 Å². The fourth-order valence-electron chi connectivity index (χ4n) is 3.80. The monoisotopic (exact) mass is 517 g/mol. The molecule has 0 saturated heterocycles. The summed E-state index contributed by atoms with van der Waals surface area (Å²) in [5.41, 5.74) is 2.04. The molecule has 0 bridgehead atoms. The van der Waals surface area contributed by atoms with Crippen molar-refractivity contribution in [1.82, 2.24) is 10.2 Å². The van der Waals surface area contributed by atoms with Gasteiger partial charge in [0.25, 0.3) is 0 Å². The van der Waals surface area contributed by atoms with E-state index in [9.17, 15) is 18.0 Å². The van der Waals surface area contributed by atoms with Gasteiger partial charge in [-0.3, -0.25) is 13.9 Å². The number of methoxy groups -OCH3 is 1. The zero-order chi connectivity index (χ0) is 27.0. The highest BCUT2D eigenvalue weighted by Gasteiger charge is 2.31. The van der Waals surface area contributed by atoms with E-state index in [-0.39, 0.29) is 24.3 Å². The van der Waals surface area contributed by atoms with Crippen molar-refractivity contribution < 1.29 is 22.7 Å². The third-order valence-corrected chi connectivity index (χ3v) is 6.97. The van der Waals surface area contributed by atoms with Gasteiger partial charge in [-0.05, 0) is 48.1 Å². The van der Waals surface area contributed by atoms with Crippen LogP contribution in [-0.2, 0) is 26.2 Å². The molecule has 0 saturated carbocycles. The van der Waals surface area contributed by atoms with Crippen molar-refractivity contribution in [2.24, 2.45) is 5.92 Å². The fourth-order valence-corrected chi connectivity index (χ4v) is 4.67. The number of carbonyl (C=O) groups is 2. The fraction of sp³-hybridized carbons (Fsp3) is 0.481. The molecule has 0 aliphatic carbocycles. The summed E-state index contributed by atoms with van der Waals surface area (Å²) in [5, 5.41) is 2.88. The minimum absolute atomic E-state index is 0.0502. The summed E-state index contributed by atoms with van der Waals surface area (Å²) in [4.78, 5) is 28.1. The van der Waals surface area contributed by atoms with Crippen LogP contribution in [0.2, 0.25) is 0 Å². The molecule has 36 heavy (non-hydrogen) atoms. The predicted octanol–water partition coefficient (Wildman–Crippen LogP) is 3.77. The molecular weight excluding hydrogens is 478 g/mol. The van der Waals surface area contributed by atoms with E-state index in [4.69, 9.17) is 4.74 Å². The first-order valence-electron chi connectivity index (χ1n) is 12.1. The molecule has 0 fully saturated rings. The predicted molar refractivity (Wildman–Crippen MR) is 144 cm³/mol. The first-order valence-corrected chi connectivity index (χ1v) is 14.0. The second kappa shape index (κ2) is 12.8. The van der Waals surface area contributed by atoms with Crippen molar-refractivity contribution in [3.63, 3.8) is 0 Å².